The van der Waals surface area contributed by atoms with Gasteiger partial charge in [-0.3, -0.25) is 9.69 Å². The topological polar surface area (TPSA) is 56.8 Å². The first kappa shape index (κ1) is 29.7. The van der Waals surface area contributed by atoms with Gasteiger partial charge in [-0.1, -0.05) is 42.5 Å². The van der Waals surface area contributed by atoms with E-state index in [0.717, 1.165) is 70.3 Å². The van der Waals surface area contributed by atoms with Crippen LogP contribution in [0.3, 0.4) is 0 Å². The quantitative estimate of drug-likeness (QED) is 0.490. The molecule has 0 saturated carbocycles. The highest BCUT2D eigenvalue weighted by Gasteiger charge is 2.36. The molecule has 2 N–H and O–H groups in total. The number of fused-ring (bicyclic) bond motifs is 2. The van der Waals surface area contributed by atoms with Crippen LogP contribution in [0, 0.1) is 11.8 Å². The van der Waals surface area contributed by atoms with Gasteiger partial charge in [0.05, 0.1) is 13.2 Å². The summed E-state index contributed by atoms with van der Waals surface area (Å²) >= 11 is 0. The molecule has 3 fully saturated rings. The molecule has 3 aliphatic heterocycles. The van der Waals surface area contributed by atoms with Gasteiger partial charge < -0.3 is 20.3 Å². The van der Waals surface area contributed by atoms with Crippen LogP contribution in [-0.4, -0.2) is 62.8 Å². The highest BCUT2D eigenvalue weighted by Crippen LogP contribution is 2.31. The van der Waals surface area contributed by atoms with Crippen molar-refractivity contribution >= 4 is 36.4 Å². The standard InChI is InChI=1S/C29H40N4O2.2ClH/c34-29(31-18-23-9-11-27(12-10-23)33-13-15-35-16-14-33)8-4-7-28-26-17-25(19-30-28)21-32(22-26)20-24-5-2-1-3-6-24;;/h1-3,5-6,9-12,25-26,28,30H,4,7-8,13-22H2,(H,31,34);2*1H/t25?,26?,28-;;/m1../s1. The predicted octanol–water partition coefficient (Wildman–Crippen LogP) is 4.26. The first-order valence-electron chi connectivity index (χ1n) is 13.4. The molecule has 0 radical (unpaired) electrons. The number of hydrogen-bond acceptors (Lipinski definition) is 5. The van der Waals surface area contributed by atoms with Crippen LogP contribution in [-0.2, 0) is 22.6 Å². The molecule has 3 heterocycles. The lowest BCUT2D eigenvalue weighted by atomic mass is 9.79. The highest BCUT2D eigenvalue weighted by atomic mass is 35.5. The van der Waals surface area contributed by atoms with Gasteiger partial charge in [-0.05, 0) is 60.9 Å². The minimum atomic E-state index is 0. The minimum absolute atomic E-state index is 0. The summed E-state index contributed by atoms with van der Waals surface area (Å²) in [5.41, 5.74) is 3.79. The molecule has 0 spiro atoms. The van der Waals surface area contributed by atoms with Gasteiger partial charge in [0.2, 0.25) is 5.91 Å². The van der Waals surface area contributed by atoms with Gasteiger partial charge in [-0.15, -0.1) is 24.8 Å². The van der Waals surface area contributed by atoms with E-state index in [4.69, 9.17) is 4.74 Å². The van der Waals surface area contributed by atoms with Crippen molar-refractivity contribution in [2.45, 2.75) is 44.8 Å². The average Bonchev–Trinajstić information content (AvgIpc) is 2.90. The van der Waals surface area contributed by atoms with Crippen molar-refractivity contribution in [1.82, 2.24) is 15.5 Å². The highest BCUT2D eigenvalue weighted by molar-refractivity contribution is 5.85. The number of benzene rings is 2. The molecule has 2 aromatic rings. The third-order valence-electron chi connectivity index (χ3n) is 7.85. The summed E-state index contributed by atoms with van der Waals surface area (Å²) in [6, 6.07) is 19.9. The van der Waals surface area contributed by atoms with Crippen molar-refractivity contribution in [3.63, 3.8) is 0 Å². The summed E-state index contributed by atoms with van der Waals surface area (Å²) in [5, 5.41) is 6.91. The Labute approximate surface area is 234 Å². The number of hydrogen-bond donors (Lipinski definition) is 2. The SMILES string of the molecule is Cl.Cl.O=C(CCC[C@H]1NCC2CC1CN(Cc1ccccc1)C2)NCc1ccc(N2CCOCC2)cc1. The number of carbonyl (C=O) groups is 1. The van der Waals surface area contributed by atoms with E-state index in [9.17, 15) is 4.79 Å². The number of anilines is 1. The van der Waals surface area contributed by atoms with E-state index in [-0.39, 0.29) is 30.7 Å². The summed E-state index contributed by atoms with van der Waals surface area (Å²) in [5.74, 6) is 1.61. The van der Waals surface area contributed by atoms with Crippen LogP contribution in [0.2, 0.25) is 0 Å². The number of amides is 1. The largest absolute Gasteiger partial charge is 0.378 e. The number of nitrogens with zero attached hydrogens (tertiary/aromatic N) is 2. The Bertz CT molecular complexity index is 941. The number of nitrogens with one attached hydrogen (secondary N) is 2. The second kappa shape index (κ2) is 14.9. The second-order valence-electron chi connectivity index (χ2n) is 10.5. The molecule has 8 heteroatoms. The number of morpholine rings is 1. The van der Waals surface area contributed by atoms with E-state index >= 15 is 0 Å². The van der Waals surface area contributed by atoms with Crippen molar-refractivity contribution in [1.29, 1.82) is 0 Å². The fraction of sp³-hybridized carbons (Fsp3) is 0.552. The monoisotopic (exact) mass is 548 g/mol. The minimum Gasteiger partial charge on any atom is -0.378 e. The van der Waals surface area contributed by atoms with E-state index in [1.54, 1.807) is 0 Å². The molecule has 0 aromatic heterocycles. The summed E-state index contributed by atoms with van der Waals surface area (Å²) < 4.78 is 5.43. The Kier molecular flexibility index (Phi) is 12.0. The van der Waals surface area contributed by atoms with E-state index in [1.807, 2.05) is 0 Å². The zero-order valence-electron chi connectivity index (χ0n) is 21.6. The Hall–Kier alpha value is -1.83. The first-order chi connectivity index (χ1) is 17.2. The van der Waals surface area contributed by atoms with Crippen molar-refractivity contribution in [2.75, 3.05) is 50.8 Å². The van der Waals surface area contributed by atoms with Gasteiger partial charge in [-0.2, -0.15) is 0 Å². The molecule has 3 atom stereocenters. The molecule has 2 bridgehead atoms. The summed E-state index contributed by atoms with van der Waals surface area (Å²) in [6.45, 7) is 8.59. The van der Waals surface area contributed by atoms with Crippen LogP contribution < -0.4 is 15.5 Å². The maximum absolute atomic E-state index is 12.5. The Balaban J connectivity index is 0.00000190. The molecule has 0 aliphatic carbocycles. The third-order valence-corrected chi connectivity index (χ3v) is 7.85. The Morgan fingerprint density at radius 1 is 0.973 bits per heavy atom. The molecule has 6 nitrogen and oxygen atoms in total. The predicted molar refractivity (Wildman–Crippen MR) is 155 cm³/mol. The number of ether oxygens (including phenoxy) is 1. The summed E-state index contributed by atoms with van der Waals surface area (Å²) in [4.78, 5) is 17.5. The van der Waals surface area contributed by atoms with Crippen LogP contribution in [0.4, 0.5) is 5.69 Å². The maximum Gasteiger partial charge on any atom is 0.220 e. The molecule has 37 heavy (non-hydrogen) atoms. The molecular weight excluding hydrogens is 507 g/mol. The Morgan fingerprint density at radius 3 is 2.49 bits per heavy atom. The lowest BCUT2D eigenvalue weighted by molar-refractivity contribution is -0.121. The fourth-order valence-corrected chi connectivity index (χ4v) is 6.00. The maximum atomic E-state index is 12.5. The number of likely N-dealkylation sites (tertiary alicyclic amines) is 1. The summed E-state index contributed by atoms with van der Waals surface area (Å²) in [7, 11) is 0. The van der Waals surface area contributed by atoms with Crippen LogP contribution in [0.1, 0.15) is 36.8 Å². The first-order valence-corrected chi connectivity index (χ1v) is 13.4. The van der Waals surface area contributed by atoms with Gasteiger partial charge in [0.1, 0.15) is 0 Å². The Morgan fingerprint density at radius 2 is 1.73 bits per heavy atom. The second-order valence-corrected chi connectivity index (χ2v) is 10.5. The molecule has 2 unspecified atom stereocenters. The molecule has 204 valence electrons. The number of rotatable bonds is 9. The lowest BCUT2D eigenvalue weighted by Crippen LogP contribution is -2.55. The zero-order valence-corrected chi connectivity index (χ0v) is 23.3. The van der Waals surface area contributed by atoms with Crippen LogP contribution in [0.5, 0.6) is 0 Å². The van der Waals surface area contributed by atoms with E-state index in [0.29, 0.717) is 24.9 Å². The summed E-state index contributed by atoms with van der Waals surface area (Å²) in [6.07, 6.45) is 3.96. The molecule has 3 aliphatic rings. The normalized spacial score (nSPS) is 23.5. The van der Waals surface area contributed by atoms with Crippen LogP contribution in [0.25, 0.3) is 0 Å². The third kappa shape index (κ3) is 8.59. The van der Waals surface area contributed by atoms with Crippen LogP contribution in [0.15, 0.2) is 54.6 Å². The van der Waals surface area contributed by atoms with Gasteiger partial charge in [-0.25, -0.2) is 0 Å². The number of halogens is 2. The molecule has 2 aromatic carbocycles. The molecular formula is C29H42Cl2N4O2. The number of carbonyl (C=O) groups excluding carboxylic acids is 1. The van der Waals surface area contributed by atoms with Crippen molar-refractivity contribution < 1.29 is 9.53 Å². The van der Waals surface area contributed by atoms with E-state index < -0.39 is 0 Å². The van der Waals surface area contributed by atoms with Crippen LogP contribution >= 0.6 is 24.8 Å². The lowest BCUT2D eigenvalue weighted by Gasteiger charge is -2.46. The average molecular weight is 550 g/mol. The van der Waals surface area contributed by atoms with Gasteiger partial charge in [0.15, 0.2) is 0 Å². The fourth-order valence-electron chi connectivity index (χ4n) is 6.00. The smallest absolute Gasteiger partial charge is 0.220 e. The van der Waals surface area contributed by atoms with Gasteiger partial charge >= 0.3 is 0 Å². The van der Waals surface area contributed by atoms with Gasteiger partial charge in [0, 0.05) is 57.4 Å². The zero-order chi connectivity index (χ0) is 23.9. The molecule has 5 rings (SSSR count). The van der Waals surface area contributed by atoms with Crippen molar-refractivity contribution in [3.05, 3.63) is 65.7 Å². The van der Waals surface area contributed by atoms with Gasteiger partial charge in [0.25, 0.3) is 0 Å². The molecule has 3 saturated heterocycles. The van der Waals surface area contributed by atoms with Crippen molar-refractivity contribution in [3.8, 4) is 0 Å². The van der Waals surface area contributed by atoms with E-state index in [1.165, 1.54) is 24.2 Å². The van der Waals surface area contributed by atoms with Crippen molar-refractivity contribution in [2.24, 2.45) is 11.8 Å². The molecule has 1 amide bonds. The number of piperidine rings is 2. The van der Waals surface area contributed by atoms with E-state index in [2.05, 4.69) is 75.0 Å².